The van der Waals surface area contributed by atoms with Crippen LogP contribution in [-0.4, -0.2) is 29.3 Å². The Morgan fingerprint density at radius 3 is 2.06 bits per heavy atom. The van der Waals surface area contributed by atoms with Crippen LogP contribution in [0, 0.1) is 5.92 Å². The molecule has 0 N–H and O–H groups in total. The van der Waals surface area contributed by atoms with Crippen molar-refractivity contribution in [1.82, 2.24) is 4.90 Å². The summed E-state index contributed by atoms with van der Waals surface area (Å²) in [5.74, 6) is 0.792. The molecule has 0 aromatic heterocycles. The number of carbonyl (C=O) groups is 1. The Balaban J connectivity index is 2.69. The largest absolute Gasteiger partial charge is 0.297 e. The molecule has 0 unspecified atom stereocenters. The summed E-state index contributed by atoms with van der Waals surface area (Å²) in [5.41, 5.74) is -0.272. The lowest BCUT2D eigenvalue weighted by atomic mass is 9.79. The molecule has 0 radical (unpaired) electrons. The van der Waals surface area contributed by atoms with Crippen LogP contribution in [0.25, 0.3) is 0 Å². The van der Waals surface area contributed by atoms with E-state index >= 15 is 0 Å². The molecular formula is C14H27NO. The van der Waals surface area contributed by atoms with Crippen LogP contribution in [0.4, 0.5) is 0 Å². The minimum atomic E-state index is -0.272. The highest BCUT2D eigenvalue weighted by atomic mass is 16.1. The molecule has 2 heteroatoms. The van der Waals surface area contributed by atoms with E-state index in [0.717, 1.165) is 25.9 Å². The first-order chi connectivity index (χ1) is 7.54. The van der Waals surface area contributed by atoms with Crippen molar-refractivity contribution in [3.05, 3.63) is 0 Å². The highest BCUT2D eigenvalue weighted by molar-refractivity contribution is 5.89. The highest BCUT2D eigenvalue weighted by Gasteiger charge is 2.37. The van der Waals surface area contributed by atoms with E-state index in [-0.39, 0.29) is 5.54 Å². The molecule has 1 aliphatic carbocycles. The standard InChI is InChI=1S/C14H27NO/c1-5-15(6-2)14(3,4)13(16)12-10-8-7-9-11-12/h12H,5-11H2,1-4H3. The van der Waals surface area contributed by atoms with Crippen molar-refractivity contribution in [2.24, 2.45) is 5.92 Å². The van der Waals surface area contributed by atoms with Crippen LogP contribution in [0.1, 0.15) is 59.8 Å². The molecule has 0 saturated heterocycles. The number of rotatable bonds is 5. The van der Waals surface area contributed by atoms with E-state index in [1.54, 1.807) is 0 Å². The summed E-state index contributed by atoms with van der Waals surface area (Å²) in [6.07, 6.45) is 6.03. The minimum Gasteiger partial charge on any atom is -0.297 e. The maximum Gasteiger partial charge on any atom is 0.155 e. The van der Waals surface area contributed by atoms with Crippen molar-refractivity contribution >= 4 is 5.78 Å². The van der Waals surface area contributed by atoms with Gasteiger partial charge in [-0.15, -0.1) is 0 Å². The molecule has 0 heterocycles. The van der Waals surface area contributed by atoms with E-state index in [2.05, 4.69) is 32.6 Å². The van der Waals surface area contributed by atoms with E-state index in [4.69, 9.17) is 0 Å². The third-order valence-electron chi connectivity index (χ3n) is 4.13. The van der Waals surface area contributed by atoms with Gasteiger partial charge in [0.2, 0.25) is 0 Å². The topological polar surface area (TPSA) is 20.3 Å². The summed E-state index contributed by atoms with van der Waals surface area (Å²) in [6, 6.07) is 0. The lowest BCUT2D eigenvalue weighted by Gasteiger charge is -2.39. The predicted molar refractivity (Wildman–Crippen MR) is 68.6 cm³/mol. The SMILES string of the molecule is CCN(CC)C(C)(C)C(=O)C1CCCCC1. The molecule has 16 heavy (non-hydrogen) atoms. The molecule has 1 saturated carbocycles. The molecule has 0 aromatic rings. The van der Waals surface area contributed by atoms with E-state index in [1.807, 2.05) is 0 Å². The first-order valence-corrected chi connectivity index (χ1v) is 6.83. The Hall–Kier alpha value is -0.370. The Kier molecular flexibility index (Phi) is 4.97. The van der Waals surface area contributed by atoms with E-state index in [1.165, 1.54) is 19.3 Å². The summed E-state index contributed by atoms with van der Waals surface area (Å²) < 4.78 is 0. The fraction of sp³-hybridized carbons (Fsp3) is 0.929. The van der Waals surface area contributed by atoms with Crippen molar-refractivity contribution < 1.29 is 4.79 Å². The molecule has 1 aliphatic rings. The van der Waals surface area contributed by atoms with Crippen LogP contribution in [0.5, 0.6) is 0 Å². The Morgan fingerprint density at radius 1 is 1.12 bits per heavy atom. The third-order valence-corrected chi connectivity index (χ3v) is 4.13. The van der Waals surface area contributed by atoms with Gasteiger partial charge < -0.3 is 0 Å². The van der Waals surface area contributed by atoms with E-state index in [9.17, 15) is 4.79 Å². The number of likely N-dealkylation sites (N-methyl/N-ethyl adjacent to an activating group) is 1. The van der Waals surface area contributed by atoms with Crippen LogP contribution in [0.15, 0.2) is 0 Å². The molecule has 2 nitrogen and oxygen atoms in total. The van der Waals surface area contributed by atoms with Crippen LogP contribution < -0.4 is 0 Å². The summed E-state index contributed by atoms with van der Waals surface area (Å²) >= 11 is 0. The average molecular weight is 225 g/mol. The molecule has 1 rings (SSSR count). The summed E-state index contributed by atoms with van der Waals surface area (Å²) in [4.78, 5) is 14.8. The van der Waals surface area contributed by atoms with Crippen molar-refractivity contribution in [2.75, 3.05) is 13.1 Å². The molecule has 1 fully saturated rings. The fourth-order valence-corrected chi connectivity index (χ4v) is 3.03. The van der Waals surface area contributed by atoms with Crippen LogP contribution in [-0.2, 0) is 4.79 Å². The van der Waals surface area contributed by atoms with Gasteiger partial charge >= 0.3 is 0 Å². The first-order valence-electron chi connectivity index (χ1n) is 6.83. The van der Waals surface area contributed by atoms with Gasteiger partial charge in [0, 0.05) is 5.92 Å². The number of hydrogen-bond donors (Lipinski definition) is 0. The van der Waals surface area contributed by atoms with Gasteiger partial charge in [0.15, 0.2) is 5.78 Å². The fourth-order valence-electron chi connectivity index (χ4n) is 3.03. The van der Waals surface area contributed by atoms with Crippen LogP contribution in [0.2, 0.25) is 0 Å². The number of Topliss-reactive ketones (excluding diaryl/α,β-unsaturated/α-hetero) is 1. The van der Waals surface area contributed by atoms with Gasteiger partial charge in [0.05, 0.1) is 5.54 Å². The molecule has 0 atom stereocenters. The van der Waals surface area contributed by atoms with Crippen LogP contribution in [0.3, 0.4) is 0 Å². The average Bonchev–Trinajstić information content (AvgIpc) is 2.30. The second-order valence-corrected chi connectivity index (χ2v) is 5.43. The number of nitrogens with zero attached hydrogens (tertiary/aromatic N) is 1. The van der Waals surface area contributed by atoms with Crippen molar-refractivity contribution in [2.45, 2.75) is 65.3 Å². The Bertz CT molecular complexity index is 225. The zero-order valence-corrected chi connectivity index (χ0v) is 11.4. The van der Waals surface area contributed by atoms with E-state index < -0.39 is 0 Å². The molecule has 0 spiro atoms. The van der Waals surface area contributed by atoms with Gasteiger partial charge in [0.25, 0.3) is 0 Å². The first kappa shape index (κ1) is 13.7. The summed E-state index contributed by atoms with van der Waals surface area (Å²) in [6.45, 7) is 10.4. The maximum absolute atomic E-state index is 12.5. The molecule has 0 amide bonds. The monoisotopic (exact) mass is 225 g/mol. The minimum absolute atomic E-state index is 0.272. The lowest BCUT2D eigenvalue weighted by Crippen LogP contribution is -2.52. The zero-order valence-electron chi connectivity index (χ0n) is 11.4. The normalized spacial score (nSPS) is 19.1. The molecule has 0 bridgehead atoms. The molecule has 0 aliphatic heterocycles. The smallest absolute Gasteiger partial charge is 0.155 e. The van der Waals surface area contributed by atoms with Crippen LogP contribution >= 0.6 is 0 Å². The number of carbonyl (C=O) groups excluding carboxylic acids is 1. The number of ketones is 1. The highest BCUT2D eigenvalue weighted by Crippen LogP contribution is 2.30. The molecule has 94 valence electrons. The second-order valence-electron chi connectivity index (χ2n) is 5.43. The maximum atomic E-state index is 12.5. The van der Waals surface area contributed by atoms with Gasteiger partial charge in [-0.05, 0) is 39.8 Å². The van der Waals surface area contributed by atoms with Gasteiger partial charge in [-0.25, -0.2) is 0 Å². The Morgan fingerprint density at radius 2 is 1.62 bits per heavy atom. The summed E-state index contributed by atoms with van der Waals surface area (Å²) in [7, 11) is 0. The third kappa shape index (κ3) is 2.85. The quantitative estimate of drug-likeness (QED) is 0.716. The molecule has 0 aromatic carbocycles. The van der Waals surface area contributed by atoms with Crippen molar-refractivity contribution in [3.63, 3.8) is 0 Å². The molecular weight excluding hydrogens is 198 g/mol. The van der Waals surface area contributed by atoms with Crippen molar-refractivity contribution in [1.29, 1.82) is 0 Å². The van der Waals surface area contributed by atoms with Gasteiger partial charge in [-0.3, -0.25) is 9.69 Å². The zero-order chi connectivity index (χ0) is 12.2. The van der Waals surface area contributed by atoms with Gasteiger partial charge in [-0.2, -0.15) is 0 Å². The summed E-state index contributed by atoms with van der Waals surface area (Å²) in [5, 5.41) is 0. The lowest BCUT2D eigenvalue weighted by molar-refractivity contribution is -0.134. The van der Waals surface area contributed by atoms with Gasteiger partial charge in [-0.1, -0.05) is 33.1 Å². The van der Waals surface area contributed by atoms with Crippen molar-refractivity contribution in [3.8, 4) is 0 Å². The van der Waals surface area contributed by atoms with E-state index in [0.29, 0.717) is 11.7 Å². The Labute approximate surface area is 100 Å². The second kappa shape index (κ2) is 5.81. The number of hydrogen-bond acceptors (Lipinski definition) is 2. The predicted octanol–water partition coefficient (Wildman–Crippen LogP) is 3.26. The van der Waals surface area contributed by atoms with Gasteiger partial charge in [0.1, 0.15) is 0 Å².